The number of H-pyrrole nitrogens is 1. The van der Waals surface area contributed by atoms with E-state index in [4.69, 9.17) is 0 Å². The summed E-state index contributed by atoms with van der Waals surface area (Å²) >= 11 is 2.97. The second-order valence-electron chi connectivity index (χ2n) is 11.8. The molecule has 2 aromatic carbocycles. The number of carbonyl (C=O) groups is 2. The quantitative estimate of drug-likeness (QED) is 0.438. The van der Waals surface area contributed by atoms with Crippen molar-refractivity contribution in [2.75, 3.05) is 4.90 Å². The fourth-order valence-corrected chi connectivity index (χ4v) is 10.3. The SMILES string of the molecule is CC(C)(C)c1ccc([C@H]2c3sc(=O)[nH]c3S[C@H]3[C@@H]4C[C@H]([C@H]5C(=O)N(c6ccc(F)cc6)C(=O)[C@H]45)[C@H]23)cc1. The van der Waals surface area contributed by atoms with Crippen LogP contribution < -0.4 is 9.77 Å². The van der Waals surface area contributed by atoms with Crippen molar-refractivity contribution in [3.63, 3.8) is 0 Å². The molecule has 3 heterocycles. The molecule has 7 rings (SSSR count). The zero-order valence-corrected chi connectivity index (χ0v) is 22.4. The molecule has 2 aliphatic heterocycles. The van der Waals surface area contributed by atoms with Gasteiger partial charge in [-0.15, -0.1) is 11.8 Å². The largest absolute Gasteiger partial charge is 0.307 e. The van der Waals surface area contributed by atoms with E-state index in [0.717, 1.165) is 21.9 Å². The van der Waals surface area contributed by atoms with Gasteiger partial charge in [-0.2, -0.15) is 0 Å². The minimum absolute atomic E-state index is 0.0120. The monoisotopic (exact) mass is 534 g/mol. The van der Waals surface area contributed by atoms with Gasteiger partial charge in [0.1, 0.15) is 5.82 Å². The normalized spacial score (nSPS) is 32.0. The average Bonchev–Trinajstić information content (AvgIpc) is 3.58. The third-order valence-corrected chi connectivity index (χ3v) is 11.5. The molecule has 5 nitrogen and oxygen atoms in total. The number of thiazole rings is 1. The Morgan fingerprint density at radius 1 is 0.919 bits per heavy atom. The first-order valence-electron chi connectivity index (χ1n) is 12.8. The zero-order valence-electron chi connectivity index (χ0n) is 20.7. The number of imide groups is 1. The summed E-state index contributed by atoms with van der Waals surface area (Å²) in [6.45, 7) is 6.57. The molecule has 7 atom stereocenters. The first kappa shape index (κ1) is 23.4. The summed E-state index contributed by atoms with van der Waals surface area (Å²) in [4.78, 5) is 45.2. The fourth-order valence-electron chi connectivity index (χ4n) is 7.43. The molecule has 1 aromatic heterocycles. The van der Waals surface area contributed by atoms with Gasteiger partial charge in [-0.3, -0.25) is 19.3 Å². The topological polar surface area (TPSA) is 70.2 Å². The maximum absolute atomic E-state index is 13.7. The molecule has 2 aliphatic carbocycles. The number of fused-ring (bicyclic) bond motifs is 9. The predicted octanol–water partition coefficient (Wildman–Crippen LogP) is 5.55. The molecule has 2 saturated carbocycles. The van der Waals surface area contributed by atoms with Gasteiger partial charge in [0.25, 0.3) is 0 Å². The number of rotatable bonds is 2. The Labute approximate surface area is 222 Å². The number of halogens is 1. The summed E-state index contributed by atoms with van der Waals surface area (Å²) in [5, 5.41) is 1.07. The molecular formula is C29H27FN2O3S2. The minimum atomic E-state index is -0.397. The van der Waals surface area contributed by atoms with E-state index in [1.165, 1.54) is 46.1 Å². The molecule has 0 radical (unpaired) electrons. The highest BCUT2D eigenvalue weighted by Gasteiger charge is 2.69. The van der Waals surface area contributed by atoms with Gasteiger partial charge in [-0.25, -0.2) is 4.39 Å². The number of benzene rings is 2. The Morgan fingerprint density at radius 3 is 2.22 bits per heavy atom. The van der Waals surface area contributed by atoms with Crippen LogP contribution in [0.3, 0.4) is 0 Å². The van der Waals surface area contributed by atoms with Crippen molar-refractivity contribution in [2.45, 2.75) is 48.8 Å². The Morgan fingerprint density at radius 2 is 1.57 bits per heavy atom. The maximum atomic E-state index is 13.7. The van der Waals surface area contributed by atoms with Crippen LogP contribution in [0.2, 0.25) is 0 Å². The summed E-state index contributed by atoms with van der Waals surface area (Å²) in [7, 11) is 0. The van der Waals surface area contributed by atoms with Crippen LogP contribution in [-0.4, -0.2) is 22.0 Å². The predicted molar refractivity (Wildman–Crippen MR) is 143 cm³/mol. The van der Waals surface area contributed by atoms with Gasteiger partial charge in [-0.05, 0) is 65.0 Å². The molecule has 190 valence electrons. The molecular weight excluding hydrogens is 507 g/mol. The highest BCUT2D eigenvalue weighted by Crippen LogP contribution is 2.68. The van der Waals surface area contributed by atoms with Crippen molar-refractivity contribution in [3.8, 4) is 0 Å². The lowest BCUT2D eigenvalue weighted by Gasteiger charge is -2.43. The number of carbonyl (C=O) groups excluding carboxylic acids is 2. The number of aromatic amines is 1. The van der Waals surface area contributed by atoms with Gasteiger partial charge in [0.2, 0.25) is 11.8 Å². The number of anilines is 1. The first-order valence-corrected chi connectivity index (χ1v) is 14.5. The molecule has 2 amide bonds. The molecule has 4 aliphatic rings. The van der Waals surface area contributed by atoms with Crippen LogP contribution in [0.15, 0.2) is 58.4 Å². The summed E-state index contributed by atoms with van der Waals surface area (Å²) in [5.41, 5.74) is 2.89. The van der Waals surface area contributed by atoms with Crippen molar-refractivity contribution in [3.05, 3.63) is 80.0 Å². The van der Waals surface area contributed by atoms with Crippen LogP contribution in [0.25, 0.3) is 0 Å². The van der Waals surface area contributed by atoms with Gasteiger partial charge in [0, 0.05) is 16.0 Å². The number of nitrogens with zero attached hydrogens (tertiary/aromatic N) is 1. The van der Waals surface area contributed by atoms with Crippen molar-refractivity contribution < 1.29 is 14.0 Å². The van der Waals surface area contributed by atoms with E-state index in [9.17, 15) is 18.8 Å². The molecule has 3 aromatic rings. The van der Waals surface area contributed by atoms with Crippen LogP contribution in [0.1, 0.15) is 49.1 Å². The van der Waals surface area contributed by atoms with E-state index in [1.807, 2.05) is 0 Å². The van der Waals surface area contributed by atoms with Gasteiger partial charge in [0.05, 0.1) is 22.5 Å². The first-order chi connectivity index (χ1) is 17.6. The minimum Gasteiger partial charge on any atom is -0.307 e. The molecule has 37 heavy (non-hydrogen) atoms. The van der Waals surface area contributed by atoms with E-state index >= 15 is 0 Å². The number of hydrogen-bond acceptors (Lipinski definition) is 5. The number of thioether (sulfide) groups is 1. The second kappa shape index (κ2) is 7.90. The number of amides is 2. The van der Waals surface area contributed by atoms with Crippen LogP contribution in [0.4, 0.5) is 10.1 Å². The van der Waals surface area contributed by atoms with E-state index in [2.05, 4.69) is 50.0 Å². The summed E-state index contributed by atoms with van der Waals surface area (Å²) in [6.07, 6.45) is 0.849. The second-order valence-corrected chi connectivity index (χ2v) is 14.0. The van der Waals surface area contributed by atoms with E-state index in [1.54, 1.807) is 11.8 Å². The van der Waals surface area contributed by atoms with Crippen LogP contribution in [0, 0.1) is 35.4 Å². The fraction of sp³-hybridized carbons (Fsp3) is 0.414. The third kappa shape index (κ3) is 3.31. The highest BCUT2D eigenvalue weighted by atomic mass is 32.2. The Balaban J connectivity index is 1.30. The molecule has 0 spiro atoms. The molecule has 0 unspecified atom stereocenters. The lowest BCUT2D eigenvalue weighted by molar-refractivity contribution is -0.123. The van der Waals surface area contributed by atoms with Gasteiger partial charge in [-0.1, -0.05) is 56.4 Å². The standard InChI is InChI=1S/C29H27FN2O3S2/c1-29(2,3)14-6-4-13(5-7-14)19-20-17-12-18(23(20)36-25-24(19)37-28(35)31-25)22-21(17)26(33)32(27(22)34)16-10-8-15(30)9-11-16/h4-11,17-23H,12H2,1-3H3,(H,31,35)/t17-,18+,19+,20+,21+,22+,23-/m0/s1. The van der Waals surface area contributed by atoms with E-state index < -0.39 is 5.82 Å². The molecule has 1 saturated heterocycles. The van der Waals surface area contributed by atoms with Gasteiger partial charge in [0.15, 0.2) is 0 Å². The third-order valence-electron chi connectivity index (χ3n) is 8.94. The number of nitrogens with one attached hydrogen (secondary N) is 1. The number of hydrogen-bond donors (Lipinski definition) is 1. The zero-order chi connectivity index (χ0) is 25.8. The Kier molecular flexibility index (Phi) is 5.00. The lowest BCUT2D eigenvalue weighted by atomic mass is 9.68. The van der Waals surface area contributed by atoms with E-state index in [0.29, 0.717) is 5.69 Å². The van der Waals surface area contributed by atoms with Crippen LogP contribution in [0.5, 0.6) is 0 Å². The number of aromatic nitrogens is 1. The smallest absolute Gasteiger partial charge is 0.305 e. The van der Waals surface area contributed by atoms with E-state index in [-0.39, 0.29) is 62.9 Å². The summed E-state index contributed by atoms with van der Waals surface area (Å²) < 4.78 is 13.5. The van der Waals surface area contributed by atoms with Crippen LogP contribution in [-0.2, 0) is 15.0 Å². The van der Waals surface area contributed by atoms with Crippen molar-refractivity contribution in [2.24, 2.45) is 29.6 Å². The Bertz CT molecular complexity index is 1490. The molecule has 1 N–H and O–H groups in total. The van der Waals surface area contributed by atoms with Crippen molar-refractivity contribution in [1.82, 2.24) is 4.98 Å². The summed E-state index contributed by atoms with van der Waals surface area (Å²) in [6, 6.07) is 14.3. The van der Waals surface area contributed by atoms with Gasteiger partial charge >= 0.3 is 4.87 Å². The summed E-state index contributed by atoms with van der Waals surface area (Å²) in [5.74, 6) is -1.13. The average molecular weight is 535 g/mol. The highest BCUT2D eigenvalue weighted by molar-refractivity contribution is 8.00. The molecule has 2 bridgehead atoms. The Hall–Kier alpha value is -2.71. The lowest BCUT2D eigenvalue weighted by Crippen LogP contribution is -2.42. The molecule has 8 heteroatoms. The van der Waals surface area contributed by atoms with Crippen LogP contribution >= 0.6 is 23.1 Å². The molecule has 3 fully saturated rings. The van der Waals surface area contributed by atoms with Crippen molar-refractivity contribution in [1.29, 1.82) is 0 Å². The van der Waals surface area contributed by atoms with Crippen molar-refractivity contribution >= 4 is 40.6 Å². The van der Waals surface area contributed by atoms with Gasteiger partial charge < -0.3 is 4.98 Å². The maximum Gasteiger partial charge on any atom is 0.305 e.